The second kappa shape index (κ2) is 6.57. The number of carbonyl (C=O) groups is 3. The number of rotatable bonds is 5. The molecule has 1 atom stereocenters. The van der Waals surface area contributed by atoms with Gasteiger partial charge in [-0.1, -0.05) is 12.1 Å². The van der Waals surface area contributed by atoms with Crippen LogP contribution in [0.15, 0.2) is 47.1 Å². The number of methoxy groups -OCH3 is 1. The van der Waals surface area contributed by atoms with Gasteiger partial charge in [0.15, 0.2) is 5.76 Å². The fraction of sp³-hybridized carbons (Fsp3) is 0.235. The number of para-hydroxylation sites is 2. The molecule has 0 aliphatic carbocycles. The molecule has 0 spiro atoms. The van der Waals surface area contributed by atoms with Gasteiger partial charge in [0.2, 0.25) is 5.91 Å². The quantitative estimate of drug-likeness (QED) is 0.662. The Morgan fingerprint density at radius 3 is 2.75 bits per heavy atom. The lowest BCUT2D eigenvalue weighted by Crippen LogP contribution is -2.40. The zero-order valence-corrected chi connectivity index (χ0v) is 13.0. The highest BCUT2D eigenvalue weighted by Crippen LogP contribution is 2.30. The molecule has 1 aliphatic heterocycles. The number of hydrogen-bond acceptors (Lipinski definition) is 5. The second-order valence-electron chi connectivity index (χ2n) is 5.36. The van der Waals surface area contributed by atoms with Crippen LogP contribution in [0.4, 0.5) is 5.69 Å². The van der Waals surface area contributed by atoms with Crippen molar-refractivity contribution in [3.63, 3.8) is 0 Å². The van der Waals surface area contributed by atoms with E-state index in [-0.39, 0.29) is 24.6 Å². The van der Waals surface area contributed by atoms with Crippen LogP contribution >= 0.6 is 0 Å². The van der Waals surface area contributed by atoms with E-state index >= 15 is 0 Å². The average Bonchev–Trinajstić information content (AvgIpc) is 3.24. The van der Waals surface area contributed by atoms with Gasteiger partial charge in [0.1, 0.15) is 5.75 Å². The van der Waals surface area contributed by atoms with E-state index in [1.54, 1.807) is 23.1 Å². The van der Waals surface area contributed by atoms with Gasteiger partial charge in [-0.2, -0.15) is 0 Å². The predicted molar refractivity (Wildman–Crippen MR) is 84.9 cm³/mol. The third kappa shape index (κ3) is 3.01. The van der Waals surface area contributed by atoms with Crippen molar-refractivity contribution in [2.45, 2.75) is 12.5 Å². The molecule has 0 unspecified atom stereocenters. The summed E-state index contributed by atoms with van der Waals surface area (Å²) in [4.78, 5) is 37.7. The van der Waals surface area contributed by atoms with Crippen molar-refractivity contribution >= 4 is 23.3 Å². The fourth-order valence-corrected chi connectivity index (χ4v) is 2.66. The van der Waals surface area contributed by atoms with Gasteiger partial charge in [-0.05, 0) is 24.3 Å². The Kier molecular flexibility index (Phi) is 4.33. The Bertz CT molecular complexity index is 769. The SMILES string of the molecule is COc1ccccc1N1C[C@@H](NC(=O)C(=O)c2ccco2)CC1=O. The van der Waals surface area contributed by atoms with Gasteiger partial charge >= 0.3 is 0 Å². The number of nitrogens with one attached hydrogen (secondary N) is 1. The molecule has 1 N–H and O–H groups in total. The first-order valence-electron chi connectivity index (χ1n) is 7.42. The van der Waals surface area contributed by atoms with E-state index in [1.807, 2.05) is 6.07 Å². The van der Waals surface area contributed by atoms with Crippen LogP contribution in [-0.2, 0) is 9.59 Å². The minimum atomic E-state index is -0.787. The predicted octanol–water partition coefficient (Wildman–Crippen LogP) is 1.39. The summed E-state index contributed by atoms with van der Waals surface area (Å²) < 4.78 is 10.2. The van der Waals surface area contributed by atoms with Crippen LogP contribution in [0.3, 0.4) is 0 Å². The number of ketones is 1. The molecule has 7 heteroatoms. The summed E-state index contributed by atoms with van der Waals surface area (Å²) in [6.45, 7) is 0.274. The molecule has 1 aliphatic rings. The standard InChI is InChI=1S/C17H16N2O5/c1-23-13-6-3-2-5-12(13)19-10-11(9-15(19)20)18-17(22)16(21)14-7-4-8-24-14/h2-8,11H,9-10H2,1H3,(H,18,22)/t11-/m0/s1. The molecule has 2 heterocycles. The largest absolute Gasteiger partial charge is 0.495 e. The highest BCUT2D eigenvalue weighted by molar-refractivity contribution is 6.42. The third-order valence-electron chi connectivity index (χ3n) is 3.79. The van der Waals surface area contributed by atoms with Crippen molar-refractivity contribution in [2.24, 2.45) is 0 Å². The molecule has 24 heavy (non-hydrogen) atoms. The minimum absolute atomic E-state index is 0.0293. The molecule has 0 bridgehead atoms. The number of amides is 2. The van der Waals surface area contributed by atoms with Crippen LogP contribution in [-0.4, -0.2) is 37.3 Å². The van der Waals surface area contributed by atoms with Gasteiger partial charge in [-0.25, -0.2) is 0 Å². The van der Waals surface area contributed by atoms with Gasteiger partial charge in [-0.3, -0.25) is 14.4 Å². The van der Waals surface area contributed by atoms with Crippen molar-refractivity contribution in [1.82, 2.24) is 5.32 Å². The Balaban J connectivity index is 1.69. The molecule has 1 saturated heterocycles. The molecule has 3 rings (SSSR count). The van der Waals surface area contributed by atoms with Crippen LogP contribution in [0.1, 0.15) is 17.0 Å². The van der Waals surface area contributed by atoms with Crippen LogP contribution in [0.5, 0.6) is 5.75 Å². The summed E-state index contributed by atoms with van der Waals surface area (Å²) in [6.07, 6.45) is 1.44. The molecular weight excluding hydrogens is 312 g/mol. The second-order valence-corrected chi connectivity index (χ2v) is 5.36. The maximum atomic E-state index is 12.2. The van der Waals surface area contributed by atoms with E-state index in [4.69, 9.17) is 9.15 Å². The molecule has 0 radical (unpaired) electrons. The Hall–Kier alpha value is -3.09. The van der Waals surface area contributed by atoms with Crippen molar-refractivity contribution < 1.29 is 23.5 Å². The number of Topliss-reactive ketones (excluding diaryl/α,β-unsaturated/α-hetero) is 1. The number of carbonyl (C=O) groups excluding carboxylic acids is 3. The number of nitrogens with zero attached hydrogens (tertiary/aromatic N) is 1. The maximum absolute atomic E-state index is 12.2. The highest BCUT2D eigenvalue weighted by atomic mass is 16.5. The summed E-state index contributed by atoms with van der Waals surface area (Å²) in [6, 6.07) is 9.64. The van der Waals surface area contributed by atoms with Crippen molar-refractivity contribution in [1.29, 1.82) is 0 Å². The fourth-order valence-electron chi connectivity index (χ4n) is 2.66. The molecular formula is C17H16N2O5. The smallest absolute Gasteiger partial charge is 0.296 e. The van der Waals surface area contributed by atoms with E-state index in [0.29, 0.717) is 11.4 Å². The average molecular weight is 328 g/mol. The molecule has 1 aromatic heterocycles. The van der Waals surface area contributed by atoms with E-state index in [9.17, 15) is 14.4 Å². The molecule has 0 saturated carbocycles. The van der Waals surface area contributed by atoms with Gasteiger partial charge in [0, 0.05) is 13.0 Å². The van der Waals surface area contributed by atoms with Gasteiger partial charge in [0.25, 0.3) is 11.7 Å². The Morgan fingerprint density at radius 2 is 2.04 bits per heavy atom. The minimum Gasteiger partial charge on any atom is -0.495 e. The van der Waals surface area contributed by atoms with Crippen molar-refractivity contribution in [2.75, 3.05) is 18.6 Å². The first-order valence-corrected chi connectivity index (χ1v) is 7.42. The van der Waals surface area contributed by atoms with E-state index in [2.05, 4.69) is 5.32 Å². The molecule has 124 valence electrons. The van der Waals surface area contributed by atoms with Crippen LogP contribution in [0.25, 0.3) is 0 Å². The summed E-state index contributed by atoms with van der Waals surface area (Å²) in [5, 5.41) is 2.58. The zero-order chi connectivity index (χ0) is 17.1. The maximum Gasteiger partial charge on any atom is 0.296 e. The van der Waals surface area contributed by atoms with Gasteiger partial charge in [-0.15, -0.1) is 0 Å². The topological polar surface area (TPSA) is 88.8 Å². The molecule has 2 amide bonds. The van der Waals surface area contributed by atoms with Gasteiger partial charge < -0.3 is 19.4 Å². The van der Waals surface area contributed by atoms with E-state index < -0.39 is 17.7 Å². The van der Waals surface area contributed by atoms with Crippen LogP contribution in [0.2, 0.25) is 0 Å². The molecule has 2 aromatic rings. The van der Waals surface area contributed by atoms with Crippen molar-refractivity contribution in [3.8, 4) is 5.75 Å². The molecule has 7 nitrogen and oxygen atoms in total. The van der Waals surface area contributed by atoms with Crippen molar-refractivity contribution in [3.05, 3.63) is 48.4 Å². The third-order valence-corrected chi connectivity index (χ3v) is 3.79. The van der Waals surface area contributed by atoms with Crippen LogP contribution in [0, 0.1) is 0 Å². The normalized spacial score (nSPS) is 17.0. The van der Waals surface area contributed by atoms with E-state index in [1.165, 1.54) is 25.5 Å². The Labute approximate surface area is 138 Å². The monoisotopic (exact) mass is 328 g/mol. The highest BCUT2D eigenvalue weighted by Gasteiger charge is 2.34. The first kappa shape index (κ1) is 15.8. The summed E-state index contributed by atoms with van der Waals surface area (Å²) >= 11 is 0. The number of benzene rings is 1. The number of ether oxygens (including phenoxy) is 1. The van der Waals surface area contributed by atoms with E-state index in [0.717, 1.165) is 0 Å². The lowest BCUT2D eigenvalue weighted by Gasteiger charge is -2.19. The number of anilines is 1. The lowest BCUT2D eigenvalue weighted by molar-refractivity contribution is -0.118. The summed E-state index contributed by atoms with van der Waals surface area (Å²) in [5.74, 6) is -1.15. The van der Waals surface area contributed by atoms with Crippen LogP contribution < -0.4 is 15.0 Å². The lowest BCUT2D eigenvalue weighted by atomic mass is 10.2. The van der Waals surface area contributed by atoms with Gasteiger partial charge in [0.05, 0.1) is 25.1 Å². The zero-order valence-electron chi connectivity index (χ0n) is 13.0. The Morgan fingerprint density at radius 1 is 1.25 bits per heavy atom. The summed E-state index contributed by atoms with van der Waals surface area (Å²) in [5.41, 5.74) is 0.638. The first-order chi connectivity index (χ1) is 11.6. The molecule has 1 aromatic carbocycles. The number of furan rings is 1. The summed E-state index contributed by atoms with van der Waals surface area (Å²) in [7, 11) is 1.53. The molecule has 1 fully saturated rings. The number of hydrogen-bond donors (Lipinski definition) is 1.